The van der Waals surface area contributed by atoms with Crippen LogP contribution < -0.4 is 5.32 Å². The van der Waals surface area contributed by atoms with Crippen molar-refractivity contribution in [3.63, 3.8) is 0 Å². The lowest BCUT2D eigenvalue weighted by molar-refractivity contribution is -0.126. The second kappa shape index (κ2) is 11.2. The Hall–Kier alpha value is -2.96. The molecule has 3 aromatic rings. The molecule has 1 atom stereocenters. The molecule has 2 fully saturated rings. The van der Waals surface area contributed by atoms with Crippen molar-refractivity contribution < 1.29 is 9.59 Å². The minimum atomic E-state index is -0.407. The van der Waals surface area contributed by atoms with Gasteiger partial charge in [-0.15, -0.1) is 11.3 Å². The molecular weight excluding hydrogens is 454 g/mol. The number of carbonyl (C=O) groups excluding carboxylic acids is 2. The molecule has 2 aromatic carbocycles. The van der Waals surface area contributed by atoms with Gasteiger partial charge >= 0.3 is 0 Å². The summed E-state index contributed by atoms with van der Waals surface area (Å²) >= 11 is 1.43. The van der Waals surface area contributed by atoms with Crippen LogP contribution in [-0.2, 0) is 17.9 Å². The molecule has 1 N–H and O–H groups in total. The first-order valence-corrected chi connectivity index (χ1v) is 13.6. The van der Waals surface area contributed by atoms with Crippen LogP contribution >= 0.6 is 11.3 Å². The zero-order valence-electron chi connectivity index (χ0n) is 20.1. The molecule has 5 rings (SSSR count). The van der Waals surface area contributed by atoms with Crippen molar-refractivity contribution in [3.05, 3.63) is 82.0 Å². The number of nitrogens with zero attached hydrogens (tertiary/aromatic N) is 2. The lowest BCUT2D eigenvalue weighted by Crippen LogP contribution is -2.51. The maximum Gasteiger partial charge on any atom is 0.264 e. The van der Waals surface area contributed by atoms with Crippen molar-refractivity contribution in [1.29, 1.82) is 0 Å². The number of hydrogen-bond donors (Lipinski definition) is 1. The zero-order valence-corrected chi connectivity index (χ0v) is 20.9. The van der Waals surface area contributed by atoms with Gasteiger partial charge in [0.05, 0.1) is 4.88 Å². The minimum absolute atomic E-state index is 0.0331. The maximum atomic E-state index is 13.2. The van der Waals surface area contributed by atoms with Crippen LogP contribution in [0.1, 0.15) is 52.9 Å². The van der Waals surface area contributed by atoms with Crippen molar-refractivity contribution in [3.8, 4) is 11.1 Å². The topological polar surface area (TPSA) is 52.7 Å². The summed E-state index contributed by atoms with van der Waals surface area (Å²) in [6, 6.07) is 20.4. The van der Waals surface area contributed by atoms with E-state index >= 15 is 0 Å². The summed E-state index contributed by atoms with van der Waals surface area (Å²) < 4.78 is 0. The third-order valence-electron chi connectivity index (χ3n) is 7.14. The Morgan fingerprint density at radius 2 is 1.66 bits per heavy atom. The smallest absolute Gasteiger partial charge is 0.264 e. The Bertz CT molecular complexity index is 1140. The van der Waals surface area contributed by atoms with Gasteiger partial charge in [0.15, 0.2) is 0 Å². The predicted octanol–water partition coefficient (Wildman–Crippen LogP) is 5.32. The van der Waals surface area contributed by atoms with Crippen LogP contribution in [0, 0.1) is 0 Å². The van der Waals surface area contributed by atoms with Crippen LogP contribution in [-0.4, -0.2) is 47.3 Å². The quantitative estimate of drug-likeness (QED) is 0.491. The van der Waals surface area contributed by atoms with Gasteiger partial charge in [0.1, 0.15) is 6.04 Å². The number of nitrogens with one attached hydrogen (secondary N) is 1. The molecule has 0 aliphatic carbocycles. The number of carbonyl (C=O) groups is 2. The van der Waals surface area contributed by atoms with Crippen molar-refractivity contribution >= 4 is 23.2 Å². The lowest BCUT2D eigenvalue weighted by Gasteiger charge is -2.34. The van der Waals surface area contributed by atoms with Gasteiger partial charge in [0.25, 0.3) is 5.91 Å². The first kappa shape index (κ1) is 23.8. The summed E-state index contributed by atoms with van der Waals surface area (Å²) in [5, 5.41) is 5.04. The average Bonchev–Trinajstić information content (AvgIpc) is 3.62. The average molecular weight is 488 g/mol. The SMILES string of the molecule is O=C(NCc1ccccc1-c1ccc(CN2CCCC2)cc1)[C@@H]1CCCCN1C(=O)c1cccs1. The van der Waals surface area contributed by atoms with Crippen LogP contribution in [0.3, 0.4) is 0 Å². The standard InChI is InChI=1S/C29H33N3O2S/c33-28(26-10-3-4-18-32(26)29(34)27-11-7-19-35-27)30-20-24-8-1-2-9-25(24)23-14-12-22(13-15-23)21-31-16-5-6-17-31/h1-2,7-9,11-15,19,26H,3-6,10,16-18,20-21H2,(H,30,33)/t26-/m0/s1. The third-order valence-corrected chi connectivity index (χ3v) is 8.00. The summed E-state index contributed by atoms with van der Waals surface area (Å²) in [4.78, 5) is 31.2. The largest absolute Gasteiger partial charge is 0.350 e. The monoisotopic (exact) mass is 487 g/mol. The molecule has 2 aliphatic heterocycles. The van der Waals surface area contributed by atoms with Gasteiger partial charge in [0, 0.05) is 19.6 Å². The van der Waals surface area contributed by atoms with Crippen molar-refractivity contribution in [2.45, 2.75) is 51.2 Å². The van der Waals surface area contributed by atoms with Gasteiger partial charge in [-0.1, -0.05) is 54.6 Å². The first-order chi connectivity index (χ1) is 17.2. The molecule has 5 nitrogen and oxygen atoms in total. The number of likely N-dealkylation sites (tertiary alicyclic amines) is 2. The summed E-state index contributed by atoms with van der Waals surface area (Å²) in [6.45, 7) is 4.49. The van der Waals surface area contributed by atoms with Crippen molar-refractivity contribution in [2.24, 2.45) is 0 Å². The van der Waals surface area contributed by atoms with E-state index in [2.05, 4.69) is 46.6 Å². The molecule has 0 spiro atoms. The van der Waals surface area contributed by atoms with Crippen LogP contribution in [0.15, 0.2) is 66.0 Å². The molecule has 0 bridgehead atoms. The highest BCUT2D eigenvalue weighted by Crippen LogP contribution is 2.26. The maximum absolute atomic E-state index is 13.2. The summed E-state index contributed by atoms with van der Waals surface area (Å²) in [5.41, 5.74) is 4.72. The van der Waals surface area contributed by atoms with E-state index in [0.717, 1.165) is 36.1 Å². The van der Waals surface area contributed by atoms with Gasteiger partial charge in [-0.2, -0.15) is 0 Å². The highest BCUT2D eigenvalue weighted by molar-refractivity contribution is 7.12. The van der Waals surface area contributed by atoms with Crippen LogP contribution in [0.2, 0.25) is 0 Å². The van der Waals surface area contributed by atoms with Crippen molar-refractivity contribution in [1.82, 2.24) is 15.1 Å². The fourth-order valence-electron chi connectivity index (χ4n) is 5.23. The third kappa shape index (κ3) is 5.65. The van der Waals surface area contributed by atoms with Gasteiger partial charge in [-0.3, -0.25) is 14.5 Å². The molecule has 0 unspecified atom stereocenters. The molecule has 6 heteroatoms. The zero-order chi connectivity index (χ0) is 24.0. The number of amides is 2. The first-order valence-electron chi connectivity index (χ1n) is 12.7. The molecule has 2 amide bonds. The molecule has 182 valence electrons. The molecule has 3 heterocycles. The second-order valence-corrected chi connectivity index (χ2v) is 10.5. The molecule has 2 aliphatic rings. The Labute approximate surface area is 211 Å². The minimum Gasteiger partial charge on any atom is -0.350 e. The highest BCUT2D eigenvalue weighted by Gasteiger charge is 2.32. The molecule has 1 aromatic heterocycles. The lowest BCUT2D eigenvalue weighted by atomic mass is 9.98. The van der Waals surface area contributed by atoms with E-state index in [1.54, 1.807) is 4.90 Å². The Kier molecular flexibility index (Phi) is 7.60. The van der Waals surface area contributed by atoms with Crippen molar-refractivity contribution in [2.75, 3.05) is 19.6 Å². The van der Waals surface area contributed by atoms with E-state index in [1.165, 1.54) is 42.8 Å². The van der Waals surface area contributed by atoms with Gasteiger partial charge in [-0.05, 0) is 78.9 Å². The number of rotatable bonds is 7. The molecule has 0 saturated carbocycles. The van der Waals surface area contributed by atoms with E-state index < -0.39 is 6.04 Å². The van der Waals surface area contributed by atoms with E-state index in [-0.39, 0.29) is 11.8 Å². The van der Waals surface area contributed by atoms with E-state index in [9.17, 15) is 9.59 Å². The summed E-state index contributed by atoms with van der Waals surface area (Å²) in [5.74, 6) is -0.0976. The molecule has 2 saturated heterocycles. The van der Waals surface area contributed by atoms with Gasteiger partial charge in [0.2, 0.25) is 5.91 Å². The second-order valence-electron chi connectivity index (χ2n) is 9.54. The molecular formula is C29H33N3O2S. The highest BCUT2D eigenvalue weighted by atomic mass is 32.1. The predicted molar refractivity (Wildman–Crippen MR) is 141 cm³/mol. The summed E-state index contributed by atoms with van der Waals surface area (Å²) in [7, 11) is 0. The van der Waals surface area contributed by atoms with E-state index in [1.807, 2.05) is 29.6 Å². The fraction of sp³-hybridized carbons (Fsp3) is 0.379. The van der Waals surface area contributed by atoms with E-state index in [0.29, 0.717) is 24.4 Å². The number of benzene rings is 2. The summed E-state index contributed by atoms with van der Waals surface area (Å²) in [6.07, 6.45) is 5.23. The number of thiophene rings is 1. The number of piperidine rings is 1. The van der Waals surface area contributed by atoms with Gasteiger partial charge in [-0.25, -0.2) is 0 Å². The Balaban J connectivity index is 1.25. The van der Waals surface area contributed by atoms with Crippen LogP contribution in [0.5, 0.6) is 0 Å². The normalized spacial score (nSPS) is 18.5. The Morgan fingerprint density at radius 1 is 0.886 bits per heavy atom. The van der Waals surface area contributed by atoms with Crippen LogP contribution in [0.4, 0.5) is 0 Å². The number of hydrogen-bond acceptors (Lipinski definition) is 4. The Morgan fingerprint density at radius 3 is 2.43 bits per heavy atom. The fourth-order valence-corrected chi connectivity index (χ4v) is 5.91. The van der Waals surface area contributed by atoms with Gasteiger partial charge < -0.3 is 10.2 Å². The van der Waals surface area contributed by atoms with E-state index in [4.69, 9.17) is 0 Å². The van der Waals surface area contributed by atoms with Crippen LogP contribution in [0.25, 0.3) is 11.1 Å². The molecule has 0 radical (unpaired) electrons. The molecule has 35 heavy (non-hydrogen) atoms.